The molecule has 0 bridgehead atoms. The van der Waals surface area contributed by atoms with Crippen LogP contribution in [0.25, 0.3) is 0 Å². The standard InChI is InChI=1S/C26H32F4/c1-2-5-19-8-13-22(14-9-19)23-15-10-20(11-16-23)6-3-4-7-21-12-17-24(25(27)18-21)26(28,29)30/h3,6,12,17-20,22-23H,2,5,8-11,13-16H2,1H3/b6-3+. The SMILES string of the molecule is CCCC1CCC(C2CCC(/C=C/C#Cc3ccc(C(F)(F)F)c(F)c3)CC2)CC1. The van der Waals surface area contributed by atoms with Crippen molar-refractivity contribution in [1.82, 2.24) is 0 Å². The van der Waals surface area contributed by atoms with E-state index in [1.54, 1.807) is 6.08 Å². The number of allylic oxidation sites excluding steroid dienone is 2. The van der Waals surface area contributed by atoms with Crippen LogP contribution in [-0.2, 0) is 6.18 Å². The van der Waals surface area contributed by atoms with Crippen molar-refractivity contribution in [2.45, 2.75) is 77.3 Å². The van der Waals surface area contributed by atoms with E-state index in [1.807, 2.05) is 0 Å². The molecule has 4 heteroatoms. The van der Waals surface area contributed by atoms with E-state index in [9.17, 15) is 17.6 Å². The monoisotopic (exact) mass is 420 g/mol. The van der Waals surface area contributed by atoms with Gasteiger partial charge in [-0.3, -0.25) is 0 Å². The topological polar surface area (TPSA) is 0 Å². The van der Waals surface area contributed by atoms with Crippen molar-refractivity contribution in [1.29, 1.82) is 0 Å². The molecule has 0 aliphatic heterocycles. The van der Waals surface area contributed by atoms with Gasteiger partial charge in [0.05, 0.1) is 5.56 Å². The molecule has 164 valence electrons. The highest BCUT2D eigenvalue weighted by atomic mass is 19.4. The Morgan fingerprint density at radius 3 is 2.17 bits per heavy atom. The second kappa shape index (κ2) is 10.5. The zero-order valence-electron chi connectivity index (χ0n) is 17.8. The first kappa shape index (κ1) is 22.9. The Morgan fingerprint density at radius 2 is 1.60 bits per heavy atom. The molecular formula is C26H32F4. The molecule has 3 rings (SSSR count). The number of rotatable bonds is 4. The molecule has 0 nitrogen and oxygen atoms in total. The van der Waals surface area contributed by atoms with E-state index in [4.69, 9.17) is 0 Å². The summed E-state index contributed by atoms with van der Waals surface area (Å²) in [6.07, 6.45) is 12.5. The van der Waals surface area contributed by atoms with Gasteiger partial charge in [-0.1, -0.05) is 50.5 Å². The van der Waals surface area contributed by atoms with E-state index in [0.29, 0.717) is 5.92 Å². The fourth-order valence-corrected chi connectivity index (χ4v) is 5.30. The molecule has 1 aromatic rings. The summed E-state index contributed by atoms with van der Waals surface area (Å²) in [4.78, 5) is 0. The molecule has 0 aromatic heterocycles. The van der Waals surface area contributed by atoms with Crippen LogP contribution in [-0.4, -0.2) is 0 Å². The molecule has 2 fully saturated rings. The Labute approximate surface area is 178 Å². The second-order valence-electron chi connectivity index (χ2n) is 9.07. The molecule has 0 spiro atoms. The number of hydrogen-bond donors (Lipinski definition) is 0. The molecule has 30 heavy (non-hydrogen) atoms. The summed E-state index contributed by atoms with van der Waals surface area (Å²) in [5, 5.41) is 0. The van der Waals surface area contributed by atoms with Crippen LogP contribution in [0.5, 0.6) is 0 Å². The molecule has 0 saturated heterocycles. The highest BCUT2D eigenvalue weighted by Crippen LogP contribution is 2.42. The van der Waals surface area contributed by atoms with Gasteiger partial charge in [-0.15, -0.1) is 0 Å². The van der Waals surface area contributed by atoms with Crippen molar-refractivity contribution >= 4 is 0 Å². The lowest BCUT2D eigenvalue weighted by Gasteiger charge is -2.37. The molecule has 2 saturated carbocycles. The molecule has 0 amide bonds. The second-order valence-corrected chi connectivity index (χ2v) is 9.07. The fourth-order valence-electron chi connectivity index (χ4n) is 5.30. The molecule has 1 aromatic carbocycles. The maximum absolute atomic E-state index is 13.6. The van der Waals surface area contributed by atoms with Crippen molar-refractivity contribution in [3.8, 4) is 11.8 Å². The highest BCUT2D eigenvalue weighted by molar-refractivity contribution is 5.39. The number of benzene rings is 1. The van der Waals surface area contributed by atoms with Crippen molar-refractivity contribution in [2.24, 2.45) is 23.7 Å². The van der Waals surface area contributed by atoms with Crippen LogP contribution >= 0.6 is 0 Å². The van der Waals surface area contributed by atoms with Crippen LogP contribution in [0.2, 0.25) is 0 Å². The predicted molar refractivity (Wildman–Crippen MR) is 113 cm³/mol. The largest absolute Gasteiger partial charge is 0.419 e. The zero-order chi connectivity index (χ0) is 21.6. The van der Waals surface area contributed by atoms with Crippen LogP contribution < -0.4 is 0 Å². The normalized spacial score (nSPS) is 27.6. The van der Waals surface area contributed by atoms with E-state index in [-0.39, 0.29) is 5.56 Å². The van der Waals surface area contributed by atoms with Crippen molar-refractivity contribution in [3.63, 3.8) is 0 Å². The van der Waals surface area contributed by atoms with Crippen LogP contribution in [0.3, 0.4) is 0 Å². The summed E-state index contributed by atoms with van der Waals surface area (Å²) >= 11 is 0. The van der Waals surface area contributed by atoms with Gasteiger partial charge in [-0.25, -0.2) is 4.39 Å². The quantitative estimate of drug-likeness (QED) is 0.340. The van der Waals surface area contributed by atoms with E-state index in [2.05, 4.69) is 24.8 Å². The van der Waals surface area contributed by atoms with Gasteiger partial charge in [0.15, 0.2) is 0 Å². The zero-order valence-corrected chi connectivity index (χ0v) is 17.8. The first-order valence-electron chi connectivity index (χ1n) is 11.4. The van der Waals surface area contributed by atoms with E-state index in [1.165, 1.54) is 70.3 Å². The Morgan fingerprint density at radius 1 is 0.967 bits per heavy atom. The lowest BCUT2D eigenvalue weighted by atomic mass is 9.69. The predicted octanol–water partition coefficient (Wildman–Crippen LogP) is 8.17. The van der Waals surface area contributed by atoms with Gasteiger partial charge in [0.1, 0.15) is 5.82 Å². The molecule has 0 unspecified atom stereocenters. The van der Waals surface area contributed by atoms with Gasteiger partial charge in [0.25, 0.3) is 0 Å². The number of alkyl halides is 3. The van der Waals surface area contributed by atoms with Gasteiger partial charge in [-0.05, 0) is 86.5 Å². The van der Waals surface area contributed by atoms with Crippen LogP contribution in [0.1, 0.15) is 82.3 Å². The van der Waals surface area contributed by atoms with E-state index < -0.39 is 17.6 Å². The van der Waals surface area contributed by atoms with Gasteiger partial charge in [0, 0.05) is 5.56 Å². The molecule has 0 heterocycles. The van der Waals surface area contributed by atoms with Crippen LogP contribution in [0, 0.1) is 41.3 Å². The molecule has 2 aliphatic rings. The van der Waals surface area contributed by atoms with Gasteiger partial charge in [-0.2, -0.15) is 13.2 Å². The Kier molecular flexibility index (Phi) is 8.03. The van der Waals surface area contributed by atoms with Crippen LogP contribution in [0.15, 0.2) is 30.4 Å². The molecule has 0 N–H and O–H groups in total. The van der Waals surface area contributed by atoms with Crippen LogP contribution in [0.4, 0.5) is 17.6 Å². The van der Waals surface area contributed by atoms with Crippen molar-refractivity contribution in [2.75, 3.05) is 0 Å². The fraction of sp³-hybridized carbons (Fsp3) is 0.615. The first-order valence-corrected chi connectivity index (χ1v) is 11.4. The summed E-state index contributed by atoms with van der Waals surface area (Å²) < 4.78 is 51.4. The van der Waals surface area contributed by atoms with E-state index >= 15 is 0 Å². The summed E-state index contributed by atoms with van der Waals surface area (Å²) in [5.41, 5.74) is -0.994. The Balaban J connectivity index is 1.44. The number of halogens is 4. The summed E-state index contributed by atoms with van der Waals surface area (Å²) in [7, 11) is 0. The minimum atomic E-state index is -4.68. The molecule has 2 aliphatic carbocycles. The maximum atomic E-state index is 13.6. The third-order valence-corrected chi connectivity index (χ3v) is 7.01. The molecule has 0 atom stereocenters. The minimum Gasteiger partial charge on any atom is -0.206 e. The highest BCUT2D eigenvalue weighted by Gasteiger charge is 2.34. The molecule has 0 radical (unpaired) electrons. The lowest BCUT2D eigenvalue weighted by molar-refractivity contribution is -0.140. The van der Waals surface area contributed by atoms with E-state index in [0.717, 1.165) is 29.9 Å². The Hall–Kier alpha value is -1.76. The van der Waals surface area contributed by atoms with Gasteiger partial charge in [0.2, 0.25) is 0 Å². The average molecular weight is 421 g/mol. The maximum Gasteiger partial charge on any atom is 0.419 e. The first-order chi connectivity index (χ1) is 14.4. The van der Waals surface area contributed by atoms with Crippen molar-refractivity contribution < 1.29 is 17.6 Å². The summed E-state index contributed by atoms with van der Waals surface area (Å²) in [6.45, 7) is 2.28. The minimum absolute atomic E-state index is 0.257. The third kappa shape index (κ3) is 6.37. The van der Waals surface area contributed by atoms with Gasteiger partial charge >= 0.3 is 6.18 Å². The third-order valence-electron chi connectivity index (χ3n) is 7.01. The number of hydrogen-bond acceptors (Lipinski definition) is 0. The average Bonchev–Trinajstić information content (AvgIpc) is 2.72. The molecular weight excluding hydrogens is 388 g/mol. The van der Waals surface area contributed by atoms with Crippen molar-refractivity contribution in [3.05, 3.63) is 47.3 Å². The summed E-state index contributed by atoms with van der Waals surface area (Å²) in [6, 6.07) is 2.82. The lowest BCUT2D eigenvalue weighted by Crippen LogP contribution is -2.25. The van der Waals surface area contributed by atoms with Gasteiger partial charge < -0.3 is 0 Å². The Bertz CT molecular complexity index is 764. The smallest absolute Gasteiger partial charge is 0.206 e. The summed E-state index contributed by atoms with van der Waals surface area (Å²) in [5.74, 6) is 7.58.